The molecule has 1 aromatic carbocycles. The quantitative estimate of drug-likeness (QED) is 0.658. The second kappa shape index (κ2) is 2.98. The highest BCUT2D eigenvalue weighted by Crippen LogP contribution is 2.33. The van der Waals surface area contributed by atoms with Crippen LogP contribution in [0.5, 0.6) is 0 Å². The molecule has 3 aromatic rings. The molecule has 2 aromatic heterocycles. The number of thiazole rings is 2. The summed E-state index contributed by atoms with van der Waals surface area (Å²) in [6, 6.07) is 3.98. The van der Waals surface area contributed by atoms with Gasteiger partial charge in [-0.15, -0.1) is 0 Å². The Morgan fingerprint density at radius 3 is 2.53 bits per heavy atom. The van der Waals surface area contributed by atoms with Gasteiger partial charge in [-0.1, -0.05) is 22.7 Å². The van der Waals surface area contributed by atoms with Gasteiger partial charge in [0.2, 0.25) is 5.13 Å². The molecular formula is C9H6N4S2. The lowest BCUT2D eigenvalue weighted by atomic mass is 10.3. The molecule has 74 valence electrons. The predicted molar refractivity (Wildman–Crippen MR) is 66.4 cm³/mol. The molecule has 0 aliphatic carbocycles. The molecule has 0 radical (unpaired) electrons. The van der Waals surface area contributed by atoms with Crippen molar-refractivity contribution >= 4 is 60.1 Å². The Bertz CT molecular complexity index is 616. The van der Waals surface area contributed by atoms with Crippen molar-refractivity contribution in [2.45, 2.75) is 0 Å². The number of nitrogens with two attached hydrogens (primary N) is 1. The lowest BCUT2D eigenvalue weighted by molar-refractivity contribution is 1.43. The Morgan fingerprint density at radius 2 is 1.80 bits per heavy atom. The zero-order valence-corrected chi connectivity index (χ0v) is 9.23. The summed E-state index contributed by atoms with van der Waals surface area (Å²) in [6.07, 6.45) is 0. The Kier molecular flexibility index (Phi) is 1.74. The number of nitrogens with zero attached hydrogens (tertiary/aromatic N) is 3. The number of fused-ring (bicyclic) bond motifs is 2. The third-order valence-corrected chi connectivity index (χ3v) is 3.84. The van der Waals surface area contributed by atoms with E-state index in [9.17, 15) is 0 Å². The van der Waals surface area contributed by atoms with E-state index >= 15 is 0 Å². The molecule has 4 nitrogen and oxygen atoms in total. The Hall–Kier alpha value is -1.53. The van der Waals surface area contributed by atoms with Crippen LogP contribution in [-0.4, -0.2) is 16.7 Å². The molecule has 3 rings (SSSR count). The Balaban J connectivity index is 2.42. The second-order valence-electron chi connectivity index (χ2n) is 2.99. The molecule has 0 bridgehead atoms. The van der Waals surface area contributed by atoms with E-state index in [1.165, 1.54) is 22.7 Å². The molecule has 2 N–H and O–H groups in total. The van der Waals surface area contributed by atoms with E-state index in [2.05, 4.69) is 21.7 Å². The Labute approximate surface area is 93.1 Å². The van der Waals surface area contributed by atoms with Crippen molar-refractivity contribution in [2.24, 2.45) is 4.99 Å². The monoisotopic (exact) mass is 234 g/mol. The second-order valence-corrected chi connectivity index (χ2v) is 5.07. The van der Waals surface area contributed by atoms with Gasteiger partial charge in [-0.3, -0.25) is 0 Å². The normalized spacial score (nSPS) is 11.2. The molecule has 0 spiro atoms. The van der Waals surface area contributed by atoms with Crippen molar-refractivity contribution in [3.63, 3.8) is 0 Å². The minimum absolute atomic E-state index is 0.588. The van der Waals surface area contributed by atoms with Crippen molar-refractivity contribution in [2.75, 3.05) is 5.73 Å². The number of anilines is 1. The maximum Gasteiger partial charge on any atom is 0.209 e. The summed E-state index contributed by atoms with van der Waals surface area (Å²) >= 11 is 2.97. The third-order valence-electron chi connectivity index (χ3n) is 2.04. The predicted octanol–water partition coefficient (Wildman–Crippen LogP) is 2.82. The summed E-state index contributed by atoms with van der Waals surface area (Å²) in [4.78, 5) is 12.4. The van der Waals surface area contributed by atoms with Gasteiger partial charge in [0.05, 0.1) is 20.4 Å². The number of hydrogen-bond donors (Lipinski definition) is 1. The first-order valence-corrected chi connectivity index (χ1v) is 5.83. The molecule has 0 saturated carbocycles. The maximum atomic E-state index is 5.64. The van der Waals surface area contributed by atoms with Crippen molar-refractivity contribution in [3.8, 4) is 0 Å². The SMILES string of the molecule is C=Nc1nc2cc3sc(N)nc3cc2s1. The van der Waals surface area contributed by atoms with Gasteiger partial charge < -0.3 is 5.73 Å². The zero-order chi connectivity index (χ0) is 10.4. The molecule has 0 atom stereocenters. The van der Waals surface area contributed by atoms with Crippen LogP contribution in [0.4, 0.5) is 10.3 Å². The van der Waals surface area contributed by atoms with Crippen molar-refractivity contribution in [1.82, 2.24) is 9.97 Å². The van der Waals surface area contributed by atoms with Crippen LogP contribution in [0.2, 0.25) is 0 Å². The number of rotatable bonds is 1. The zero-order valence-electron chi connectivity index (χ0n) is 7.60. The molecule has 0 fully saturated rings. The summed E-state index contributed by atoms with van der Waals surface area (Å²) in [5.74, 6) is 0. The average Bonchev–Trinajstić information content (AvgIpc) is 2.74. The van der Waals surface area contributed by atoms with E-state index in [-0.39, 0.29) is 0 Å². The molecule has 0 saturated heterocycles. The van der Waals surface area contributed by atoms with E-state index in [1.54, 1.807) is 0 Å². The largest absolute Gasteiger partial charge is 0.375 e. The van der Waals surface area contributed by atoms with E-state index in [4.69, 9.17) is 5.73 Å². The van der Waals surface area contributed by atoms with Crippen LogP contribution in [0.25, 0.3) is 20.4 Å². The van der Waals surface area contributed by atoms with Gasteiger partial charge in [-0.25, -0.2) is 15.0 Å². The van der Waals surface area contributed by atoms with Crippen LogP contribution in [-0.2, 0) is 0 Å². The smallest absolute Gasteiger partial charge is 0.209 e. The fraction of sp³-hybridized carbons (Fsp3) is 0. The van der Waals surface area contributed by atoms with Crippen molar-refractivity contribution in [3.05, 3.63) is 12.1 Å². The molecule has 2 heterocycles. The number of nitrogen functional groups attached to an aromatic ring is 1. The minimum atomic E-state index is 0.588. The Morgan fingerprint density at radius 1 is 1.13 bits per heavy atom. The van der Waals surface area contributed by atoms with Gasteiger partial charge in [0.25, 0.3) is 0 Å². The lowest BCUT2D eigenvalue weighted by Gasteiger charge is -1.86. The van der Waals surface area contributed by atoms with E-state index in [0.717, 1.165) is 20.4 Å². The van der Waals surface area contributed by atoms with Crippen LogP contribution < -0.4 is 5.73 Å². The van der Waals surface area contributed by atoms with Crippen molar-refractivity contribution < 1.29 is 0 Å². The standard InChI is InChI=1S/C9H6N4S2/c1-11-9-13-5-3-6-4(2-7(5)15-9)12-8(10)14-6/h2-3H,1H2,(H2,10,12). The van der Waals surface area contributed by atoms with E-state index in [1.807, 2.05) is 12.1 Å². The molecule has 0 aliphatic rings. The number of aromatic nitrogens is 2. The van der Waals surface area contributed by atoms with Gasteiger partial charge in [0.1, 0.15) is 0 Å². The number of benzene rings is 1. The summed E-state index contributed by atoms with van der Waals surface area (Å²) in [7, 11) is 0. The molecule has 0 amide bonds. The third kappa shape index (κ3) is 1.30. The molecular weight excluding hydrogens is 228 g/mol. The first-order valence-electron chi connectivity index (χ1n) is 4.19. The van der Waals surface area contributed by atoms with Crippen LogP contribution in [0.15, 0.2) is 17.1 Å². The number of aliphatic imine (C=N–C) groups is 1. The lowest BCUT2D eigenvalue weighted by Crippen LogP contribution is -1.78. The fourth-order valence-corrected chi connectivity index (χ4v) is 2.96. The van der Waals surface area contributed by atoms with Gasteiger partial charge >= 0.3 is 0 Å². The maximum absolute atomic E-state index is 5.64. The average molecular weight is 234 g/mol. The van der Waals surface area contributed by atoms with Gasteiger partial charge in [-0.2, -0.15) is 0 Å². The minimum Gasteiger partial charge on any atom is -0.375 e. The topological polar surface area (TPSA) is 64.2 Å². The van der Waals surface area contributed by atoms with Gasteiger partial charge in [-0.05, 0) is 18.9 Å². The van der Waals surface area contributed by atoms with E-state index in [0.29, 0.717) is 10.3 Å². The highest BCUT2D eigenvalue weighted by atomic mass is 32.1. The highest BCUT2D eigenvalue weighted by Gasteiger charge is 2.07. The fourth-order valence-electron chi connectivity index (χ4n) is 1.42. The first kappa shape index (κ1) is 8.75. The summed E-state index contributed by atoms with van der Waals surface area (Å²) < 4.78 is 2.12. The van der Waals surface area contributed by atoms with Crippen LogP contribution in [0.3, 0.4) is 0 Å². The first-order chi connectivity index (χ1) is 7.26. The molecule has 15 heavy (non-hydrogen) atoms. The summed E-state index contributed by atoms with van der Waals surface area (Å²) in [5.41, 5.74) is 7.49. The van der Waals surface area contributed by atoms with Crippen molar-refractivity contribution in [1.29, 1.82) is 0 Å². The molecule has 0 aliphatic heterocycles. The van der Waals surface area contributed by atoms with Crippen LogP contribution in [0, 0.1) is 0 Å². The summed E-state index contributed by atoms with van der Waals surface area (Å²) in [5, 5.41) is 1.28. The highest BCUT2D eigenvalue weighted by molar-refractivity contribution is 7.23. The van der Waals surface area contributed by atoms with Crippen LogP contribution >= 0.6 is 22.7 Å². The number of hydrogen-bond acceptors (Lipinski definition) is 6. The van der Waals surface area contributed by atoms with Gasteiger partial charge in [0, 0.05) is 0 Å². The van der Waals surface area contributed by atoms with E-state index < -0.39 is 0 Å². The van der Waals surface area contributed by atoms with Gasteiger partial charge in [0.15, 0.2) is 5.13 Å². The molecule has 0 unspecified atom stereocenters. The molecule has 6 heteroatoms. The van der Waals surface area contributed by atoms with Crippen LogP contribution in [0.1, 0.15) is 0 Å². The summed E-state index contributed by atoms with van der Waals surface area (Å²) in [6.45, 7) is 3.46.